The minimum Gasteiger partial charge on any atom is -0.494 e. The van der Waals surface area contributed by atoms with Gasteiger partial charge in [-0.25, -0.2) is 8.42 Å². The Morgan fingerprint density at radius 2 is 1.71 bits per heavy atom. The zero-order valence-corrected chi connectivity index (χ0v) is 17.1. The molecule has 0 fully saturated rings. The minimum absolute atomic E-state index is 0.0533. The molecule has 0 unspecified atom stereocenters. The molecular formula is C18H22N4O4S2. The maximum Gasteiger partial charge on any atom is 0.271 e. The summed E-state index contributed by atoms with van der Waals surface area (Å²) in [6.07, 6.45) is 0. The fourth-order valence-electron chi connectivity index (χ4n) is 2.24. The number of thiocarbonyl (C=S) groups is 1. The molecule has 150 valence electrons. The number of benzene rings is 2. The number of nitrogens with one attached hydrogen (secondary N) is 4. The van der Waals surface area contributed by atoms with Crippen LogP contribution in [0.25, 0.3) is 0 Å². The third-order valence-corrected chi connectivity index (χ3v) is 5.12. The van der Waals surface area contributed by atoms with E-state index in [1.54, 1.807) is 24.3 Å². The van der Waals surface area contributed by atoms with Gasteiger partial charge in [-0.2, -0.15) is 0 Å². The smallest absolute Gasteiger partial charge is 0.271 e. The Kier molecular flexibility index (Phi) is 7.59. The van der Waals surface area contributed by atoms with E-state index in [2.05, 4.69) is 20.9 Å². The molecule has 8 nitrogen and oxygen atoms in total. The summed E-state index contributed by atoms with van der Waals surface area (Å²) in [6.45, 7) is 4.78. The van der Waals surface area contributed by atoms with Gasteiger partial charge in [0.2, 0.25) is 0 Å². The fraction of sp³-hybridized carbons (Fsp3) is 0.222. The van der Waals surface area contributed by atoms with Crippen LogP contribution in [0.5, 0.6) is 5.75 Å². The number of para-hydroxylation sites is 1. The van der Waals surface area contributed by atoms with Crippen LogP contribution >= 0.6 is 12.2 Å². The number of sulfonamides is 1. The first kappa shape index (κ1) is 21.5. The summed E-state index contributed by atoms with van der Waals surface area (Å²) in [4.78, 5) is 12.5. The molecule has 0 radical (unpaired) electrons. The van der Waals surface area contributed by atoms with Crippen LogP contribution in [0.4, 0.5) is 5.69 Å². The summed E-state index contributed by atoms with van der Waals surface area (Å²) in [5.41, 5.74) is 5.26. The van der Waals surface area contributed by atoms with Crippen molar-refractivity contribution in [3.05, 3.63) is 54.1 Å². The maximum absolute atomic E-state index is 12.7. The molecule has 2 aromatic rings. The molecular weight excluding hydrogens is 400 g/mol. The normalized spacial score (nSPS) is 10.6. The Morgan fingerprint density at radius 1 is 1.04 bits per heavy atom. The average molecular weight is 423 g/mol. The van der Waals surface area contributed by atoms with Gasteiger partial charge in [0, 0.05) is 6.54 Å². The first-order valence-corrected chi connectivity index (χ1v) is 10.5. The van der Waals surface area contributed by atoms with Crippen LogP contribution in [0, 0.1) is 0 Å². The highest BCUT2D eigenvalue weighted by molar-refractivity contribution is 7.92. The Labute approximate surface area is 169 Å². The Balaban J connectivity index is 2.17. The van der Waals surface area contributed by atoms with E-state index in [9.17, 15) is 13.2 Å². The molecule has 2 rings (SSSR count). The van der Waals surface area contributed by atoms with Gasteiger partial charge < -0.3 is 10.1 Å². The molecule has 0 saturated heterocycles. The molecule has 0 aliphatic carbocycles. The molecule has 0 saturated carbocycles. The molecule has 0 aliphatic heterocycles. The standard InChI is InChI=1S/C18H22N4O4S2/c1-3-19-18(27)21-20-17(23)15-7-5-6-8-16(15)22-28(24,25)14-11-9-13(10-12-14)26-4-2/h5-12,22H,3-4H2,1-2H3,(H,20,23)(H2,19,21,27). The monoisotopic (exact) mass is 422 g/mol. The molecule has 28 heavy (non-hydrogen) atoms. The first-order chi connectivity index (χ1) is 13.4. The van der Waals surface area contributed by atoms with E-state index in [1.165, 1.54) is 24.3 Å². The molecule has 1 amide bonds. The molecule has 2 aromatic carbocycles. The maximum atomic E-state index is 12.7. The van der Waals surface area contributed by atoms with Gasteiger partial charge in [0.15, 0.2) is 5.11 Å². The number of hydrogen-bond acceptors (Lipinski definition) is 5. The van der Waals surface area contributed by atoms with Crippen LogP contribution in [0.2, 0.25) is 0 Å². The van der Waals surface area contributed by atoms with Gasteiger partial charge in [-0.15, -0.1) is 0 Å². The van der Waals surface area contributed by atoms with Crippen molar-refractivity contribution in [1.82, 2.24) is 16.2 Å². The largest absolute Gasteiger partial charge is 0.494 e. The van der Waals surface area contributed by atoms with E-state index in [1.807, 2.05) is 13.8 Å². The summed E-state index contributed by atoms with van der Waals surface area (Å²) >= 11 is 4.98. The fourth-order valence-corrected chi connectivity index (χ4v) is 3.52. The van der Waals surface area contributed by atoms with Crippen LogP contribution < -0.4 is 25.6 Å². The summed E-state index contributed by atoms with van der Waals surface area (Å²) in [5, 5.41) is 3.08. The highest BCUT2D eigenvalue weighted by Crippen LogP contribution is 2.22. The molecule has 0 spiro atoms. The number of hydrazine groups is 1. The van der Waals surface area contributed by atoms with Gasteiger partial charge in [-0.1, -0.05) is 12.1 Å². The lowest BCUT2D eigenvalue weighted by Crippen LogP contribution is -2.46. The Morgan fingerprint density at radius 3 is 2.36 bits per heavy atom. The third-order valence-electron chi connectivity index (χ3n) is 3.49. The summed E-state index contributed by atoms with van der Waals surface area (Å²) < 4.78 is 33.1. The van der Waals surface area contributed by atoms with E-state index in [4.69, 9.17) is 17.0 Å². The number of rotatable bonds is 7. The first-order valence-electron chi connectivity index (χ1n) is 8.56. The summed E-state index contributed by atoms with van der Waals surface area (Å²) in [6, 6.07) is 12.3. The lowest BCUT2D eigenvalue weighted by molar-refractivity contribution is 0.0944. The topological polar surface area (TPSA) is 109 Å². The second kappa shape index (κ2) is 9.90. The van der Waals surface area contributed by atoms with Crippen molar-refractivity contribution >= 4 is 38.9 Å². The second-order valence-electron chi connectivity index (χ2n) is 5.49. The van der Waals surface area contributed by atoms with Crippen molar-refractivity contribution in [2.75, 3.05) is 17.9 Å². The van der Waals surface area contributed by atoms with Crippen molar-refractivity contribution in [3.63, 3.8) is 0 Å². The number of carbonyl (C=O) groups is 1. The van der Waals surface area contributed by atoms with E-state index >= 15 is 0 Å². The van der Waals surface area contributed by atoms with Crippen LogP contribution in [0.3, 0.4) is 0 Å². The molecule has 0 aliphatic rings. The van der Waals surface area contributed by atoms with Crippen molar-refractivity contribution in [2.24, 2.45) is 0 Å². The quantitative estimate of drug-likeness (QED) is 0.399. The Hall–Kier alpha value is -2.85. The van der Waals surface area contributed by atoms with Crippen LogP contribution in [0.15, 0.2) is 53.4 Å². The average Bonchev–Trinajstić information content (AvgIpc) is 2.67. The third kappa shape index (κ3) is 5.83. The van der Waals surface area contributed by atoms with Gasteiger partial charge in [-0.05, 0) is 62.5 Å². The zero-order chi connectivity index (χ0) is 20.6. The molecule has 0 bridgehead atoms. The lowest BCUT2D eigenvalue weighted by atomic mass is 10.2. The zero-order valence-electron chi connectivity index (χ0n) is 15.5. The predicted molar refractivity (Wildman–Crippen MR) is 112 cm³/mol. The van der Waals surface area contributed by atoms with Gasteiger partial charge in [0.05, 0.1) is 22.8 Å². The van der Waals surface area contributed by atoms with E-state index in [-0.39, 0.29) is 21.3 Å². The number of amides is 1. The highest BCUT2D eigenvalue weighted by Gasteiger charge is 2.18. The summed E-state index contributed by atoms with van der Waals surface area (Å²) in [7, 11) is -3.89. The molecule has 0 heterocycles. The Bertz CT molecular complexity index is 931. The van der Waals surface area contributed by atoms with Crippen molar-refractivity contribution < 1.29 is 17.9 Å². The SMILES string of the molecule is CCNC(=S)NNC(=O)c1ccccc1NS(=O)(=O)c1ccc(OCC)cc1. The lowest BCUT2D eigenvalue weighted by Gasteiger charge is -2.14. The molecule has 4 N–H and O–H groups in total. The van der Waals surface area contributed by atoms with E-state index < -0.39 is 15.9 Å². The van der Waals surface area contributed by atoms with Gasteiger partial charge in [0.25, 0.3) is 15.9 Å². The molecule has 0 atom stereocenters. The number of hydrogen-bond donors (Lipinski definition) is 4. The molecule has 0 aromatic heterocycles. The van der Waals surface area contributed by atoms with Crippen LogP contribution in [-0.4, -0.2) is 32.6 Å². The minimum atomic E-state index is -3.89. The van der Waals surface area contributed by atoms with Crippen molar-refractivity contribution in [2.45, 2.75) is 18.7 Å². The number of ether oxygens (including phenoxy) is 1. The second-order valence-corrected chi connectivity index (χ2v) is 7.58. The van der Waals surface area contributed by atoms with Gasteiger partial charge in [0.1, 0.15) is 5.75 Å². The van der Waals surface area contributed by atoms with E-state index in [0.29, 0.717) is 18.9 Å². The highest BCUT2D eigenvalue weighted by atomic mass is 32.2. The van der Waals surface area contributed by atoms with Crippen molar-refractivity contribution in [3.8, 4) is 5.75 Å². The van der Waals surface area contributed by atoms with E-state index in [0.717, 1.165) is 0 Å². The number of anilines is 1. The van der Waals surface area contributed by atoms with Gasteiger partial charge in [-0.3, -0.25) is 20.4 Å². The number of carbonyl (C=O) groups excluding carboxylic acids is 1. The van der Waals surface area contributed by atoms with Crippen LogP contribution in [0.1, 0.15) is 24.2 Å². The predicted octanol–water partition coefficient (Wildman–Crippen LogP) is 2.01. The summed E-state index contributed by atoms with van der Waals surface area (Å²) in [5.74, 6) is 0.0363. The van der Waals surface area contributed by atoms with Crippen molar-refractivity contribution in [1.29, 1.82) is 0 Å². The molecule has 10 heteroatoms. The van der Waals surface area contributed by atoms with Gasteiger partial charge >= 0.3 is 0 Å². The van der Waals surface area contributed by atoms with Crippen LogP contribution in [-0.2, 0) is 10.0 Å².